The summed E-state index contributed by atoms with van der Waals surface area (Å²) in [6.45, 7) is 3.34. The molecule has 1 saturated heterocycles. The van der Waals surface area contributed by atoms with Crippen LogP contribution in [-0.2, 0) is 9.53 Å². The van der Waals surface area contributed by atoms with E-state index in [4.69, 9.17) is 9.47 Å². The molecule has 1 aliphatic rings. The number of hydrogen-bond donors (Lipinski definition) is 1. The van der Waals surface area contributed by atoms with Crippen molar-refractivity contribution in [3.63, 3.8) is 0 Å². The number of amides is 1. The summed E-state index contributed by atoms with van der Waals surface area (Å²) in [5.41, 5.74) is 2.73. The van der Waals surface area contributed by atoms with Crippen molar-refractivity contribution < 1.29 is 14.3 Å². The Bertz CT molecular complexity index is 1020. The number of methoxy groups -OCH3 is 1. The molecule has 0 saturated carbocycles. The van der Waals surface area contributed by atoms with E-state index in [0.717, 1.165) is 52.0 Å². The molecule has 1 atom stereocenters. The van der Waals surface area contributed by atoms with Gasteiger partial charge in [-0.25, -0.2) is 4.98 Å². The smallest absolute Gasteiger partial charge is 0.230 e. The first-order valence-electron chi connectivity index (χ1n) is 10.1. The number of benzene rings is 1. The number of nitrogens with zero attached hydrogens (tertiary/aromatic N) is 3. The van der Waals surface area contributed by atoms with Crippen LogP contribution in [-0.4, -0.2) is 53.2 Å². The zero-order chi connectivity index (χ0) is 21.6. The van der Waals surface area contributed by atoms with Crippen LogP contribution in [0.3, 0.4) is 0 Å². The van der Waals surface area contributed by atoms with E-state index in [-0.39, 0.29) is 12.0 Å². The maximum absolute atomic E-state index is 12.0. The summed E-state index contributed by atoms with van der Waals surface area (Å²) in [4.78, 5) is 17.7. The first-order valence-corrected chi connectivity index (χ1v) is 11.9. The van der Waals surface area contributed by atoms with Crippen LogP contribution in [0, 0.1) is 6.92 Å². The summed E-state index contributed by atoms with van der Waals surface area (Å²) in [5, 5.41) is 13.2. The summed E-state index contributed by atoms with van der Waals surface area (Å²) in [7, 11) is 1.65. The fourth-order valence-corrected chi connectivity index (χ4v) is 4.91. The van der Waals surface area contributed by atoms with Gasteiger partial charge in [-0.3, -0.25) is 4.79 Å². The average molecular weight is 457 g/mol. The average Bonchev–Trinajstić information content (AvgIpc) is 3.46. The number of carbonyl (C=O) groups is 1. The maximum Gasteiger partial charge on any atom is 0.230 e. The second kappa shape index (κ2) is 10.2. The van der Waals surface area contributed by atoms with Crippen LogP contribution < -0.4 is 10.1 Å². The van der Waals surface area contributed by atoms with E-state index in [9.17, 15) is 4.79 Å². The quantitative estimate of drug-likeness (QED) is 0.513. The van der Waals surface area contributed by atoms with E-state index in [1.54, 1.807) is 18.4 Å². The van der Waals surface area contributed by atoms with Crippen molar-refractivity contribution in [2.24, 2.45) is 0 Å². The molecule has 1 aromatic carbocycles. The van der Waals surface area contributed by atoms with Crippen LogP contribution in [0.2, 0.25) is 0 Å². The molecule has 1 amide bonds. The number of nitrogens with one attached hydrogen (secondary N) is 1. The number of rotatable bonds is 8. The fraction of sp³-hybridized carbons (Fsp3) is 0.364. The Morgan fingerprint density at radius 1 is 1.26 bits per heavy atom. The van der Waals surface area contributed by atoms with Gasteiger partial charge in [-0.15, -0.1) is 21.5 Å². The van der Waals surface area contributed by atoms with Crippen molar-refractivity contribution in [3.8, 4) is 26.9 Å². The lowest BCUT2D eigenvalue weighted by Gasteiger charge is -2.10. The minimum Gasteiger partial charge on any atom is -0.497 e. The predicted octanol–water partition coefficient (Wildman–Crippen LogP) is 3.97. The van der Waals surface area contributed by atoms with Gasteiger partial charge in [-0.1, -0.05) is 11.8 Å². The van der Waals surface area contributed by atoms with Gasteiger partial charge in [-0.05, 0) is 56.2 Å². The topological polar surface area (TPSA) is 86.2 Å². The number of ether oxygens (including phenoxy) is 2. The molecule has 7 nitrogen and oxygen atoms in total. The van der Waals surface area contributed by atoms with Gasteiger partial charge in [0.25, 0.3) is 0 Å². The van der Waals surface area contributed by atoms with Crippen molar-refractivity contribution in [2.75, 3.05) is 26.0 Å². The third-order valence-corrected chi connectivity index (χ3v) is 7.06. The van der Waals surface area contributed by atoms with E-state index < -0.39 is 0 Å². The molecule has 1 aliphatic heterocycles. The molecule has 3 aromatic rings. The number of thioether (sulfide) groups is 1. The molecular formula is C22H24N4O3S2. The van der Waals surface area contributed by atoms with Crippen LogP contribution in [0.15, 0.2) is 41.4 Å². The van der Waals surface area contributed by atoms with Gasteiger partial charge >= 0.3 is 0 Å². The lowest BCUT2D eigenvalue weighted by Crippen LogP contribution is -2.32. The van der Waals surface area contributed by atoms with Crippen LogP contribution in [0.1, 0.15) is 18.5 Å². The summed E-state index contributed by atoms with van der Waals surface area (Å²) < 4.78 is 10.7. The summed E-state index contributed by atoms with van der Waals surface area (Å²) in [5.74, 6) is 1.10. The molecule has 4 rings (SSSR count). The third-order valence-electron chi connectivity index (χ3n) is 4.91. The van der Waals surface area contributed by atoms with Gasteiger partial charge in [0, 0.05) is 18.7 Å². The molecule has 0 aliphatic carbocycles. The van der Waals surface area contributed by atoms with Crippen LogP contribution in [0.4, 0.5) is 0 Å². The van der Waals surface area contributed by atoms with Crippen molar-refractivity contribution in [2.45, 2.75) is 30.9 Å². The highest BCUT2D eigenvalue weighted by molar-refractivity contribution is 7.99. The lowest BCUT2D eigenvalue weighted by molar-refractivity contribution is -0.119. The van der Waals surface area contributed by atoms with Crippen molar-refractivity contribution in [1.29, 1.82) is 0 Å². The van der Waals surface area contributed by atoms with E-state index in [2.05, 4.69) is 20.5 Å². The molecule has 0 radical (unpaired) electrons. The Labute approximate surface area is 189 Å². The standard InChI is InChI=1S/C22H24N4O3S2/c1-14-21(31-22(24-14)15-5-7-16(28-2)8-6-15)18-9-10-20(26-25-18)30-13-19(27)23-12-17-4-3-11-29-17/h5-10,17H,3-4,11-13H2,1-2H3,(H,23,27). The molecule has 31 heavy (non-hydrogen) atoms. The van der Waals surface area contributed by atoms with Crippen molar-refractivity contribution in [1.82, 2.24) is 20.5 Å². The first kappa shape index (κ1) is 21.7. The molecule has 1 N–H and O–H groups in total. The molecule has 0 spiro atoms. The summed E-state index contributed by atoms with van der Waals surface area (Å²) >= 11 is 2.96. The van der Waals surface area contributed by atoms with E-state index in [1.165, 1.54) is 11.8 Å². The molecular weight excluding hydrogens is 432 g/mol. The highest BCUT2D eigenvalue weighted by Gasteiger charge is 2.17. The summed E-state index contributed by atoms with van der Waals surface area (Å²) in [6, 6.07) is 11.7. The third kappa shape index (κ3) is 5.61. The van der Waals surface area contributed by atoms with E-state index in [0.29, 0.717) is 17.3 Å². The van der Waals surface area contributed by atoms with Gasteiger partial charge in [0.15, 0.2) is 0 Å². The van der Waals surface area contributed by atoms with Crippen LogP contribution >= 0.6 is 23.1 Å². The zero-order valence-electron chi connectivity index (χ0n) is 17.5. The minimum absolute atomic E-state index is 0.0196. The maximum atomic E-state index is 12.0. The number of hydrogen-bond acceptors (Lipinski definition) is 8. The Morgan fingerprint density at radius 3 is 2.77 bits per heavy atom. The predicted molar refractivity (Wildman–Crippen MR) is 123 cm³/mol. The van der Waals surface area contributed by atoms with Gasteiger partial charge in [0.2, 0.25) is 5.91 Å². The first-order chi connectivity index (χ1) is 15.1. The largest absolute Gasteiger partial charge is 0.497 e. The highest BCUT2D eigenvalue weighted by Crippen LogP contribution is 2.35. The Morgan fingerprint density at radius 2 is 2.10 bits per heavy atom. The van der Waals surface area contributed by atoms with Crippen molar-refractivity contribution >= 4 is 29.0 Å². The van der Waals surface area contributed by atoms with E-state index in [1.807, 2.05) is 43.3 Å². The van der Waals surface area contributed by atoms with Crippen LogP contribution in [0.5, 0.6) is 5.75 Å². The SMILES string of the molecule is COc1ccc(-c2nc(C)c(-c3ccc(SCC(=O)NCC4CCCO4)nn3)s2)cc1. The fourth-order valence-electron chi connectivity index (χ4n) is 3.23. The zero-order valence-corrected chi connectivity index (χ0v) is 19.1. The Hall–Kier alpha value is -2.49. The van der Waals surface area contributed by atoms with Gasteiger partial charge in [-0.2, -0.15) is 0 Å². The summed E-state index contributed by atoms with van der Waals surface area (Å²) in [6.07, 6.45) is 2.23. The van der Waals surface area contributed by atoms with Gasteiger partial charge in [0.1, 0.15) is 21.5 Å². The molecule has 1 fully saturated rings. The number of thiazole rings is 1. The Kier molecular flexibility index (Phi) is 7.16. The van der Waals surface area contributed by atoms with E-state index >= 15 is 0 Å². The second-order valence-electron chi connectivity index (χ2n) is 7.15. The normalized spacial score (nSPS) is 15.7. The lowest BCUT2D eigenvalue weighted by atomic mass is 10.2. The minimum atomic E-state index is -0.0196. The monoisotopic (exact) mass is 456 g/mol. The Balaban J connectivity index is 1.35. The second-order valence-corrected chi connectivity index (χ2v) is 9.14. The number of carbonyl (C=O) groups excluding carboxylic acids is 1. The molecule has 9 heteroatoms. The molecule has 2 aromatic heterocycles. The van der Waals surface area contributed by atoms with Crippen LogP contribution in [0.25, 0.3) is 21.1 Å². The van der Waals surface area contributed by atoms with Crippen molar-refractivity contribution in [3.05, 3.63) is 42.1 Å². The van der Waals surface area contributed by atoms with Gasteiger partial charge in [0.05, 0.1) is 29.5 Å². The van der Waals surface area contributed by atoms with Gasteiger partial charge < -0.3 is 14.8 Å². The number of aryl methyl sites for hydroxylation is 1. The highest BCUT2D eigenvalue weighted by atomic mass is 32.2. The molecule has 1 unspecified atom stereocenters. The number of aromatic nitrogens is 3. The molecule has 3 heterocycles. The molecule has 0 bridgehead atoms. The molecule has 162 valence electrons.